The molecule has 0 aliphatic heterocycles. The molecule has 0 saturated heterocycles. The van der Waals surface area contributed by atoms with Gasteiger partial charge in [0.1, 0.15) is 0 Å². The third-order valence-electron chi connectivity index (χ3n) is 1.80. The Morgan fingerprint density at radius 3 is 2.62 bits per heavy atom. The van der Waals surface area contributed by atoms with Crippen LogP contribution in [0, 0.1) is 0 Å². The fourth-order valence-electron chi connectivity index (χ4n) is 1.07. The lowest BCUT2D eigenvalue weighted by molar-refractivity contribution is -0.00978. The van der Waals surface area contributed by atoms with Gasteiger partial charge in [-0.25, -0.2) is 0 Å². The Balaban J connectivity index is 3.23. The summed E-state index contributed by atoms with van der Waals surface area (Å²) < 4.78 is 10.6. The summed E-state index contributed by atoms with van der Waals surface area (Å²) >= 11 is 0. The van der Waals surface area contributed by atoms with Gasteiger partial charge in [0.15, 0.2) is 0 Å². The maximum Gasteiger partial charge on any atom is 0.0897 e. The highest BCUT2D eigenvalue weighted by Crippen LogP contribution is 1.89. The second kappa shape index (κ2) is 9.78. The van der Waals surface area contributed by atoms with E-state index in [0.29, 0.717) is 26.4 Å². The monoisotopic (exact) mass is 231 g/mol. The average Bonchev–Trinajstić information content (AvgIpc) is 2.16. The smallest absolute Gasteiger partial charge is 0.0897 e. The van der Waals surface area contributed by atoms with Gasteiger partial charge < -0.3 is 19.9 Å². The van der Waals surface area contributed by atoms with Crippen LogP contribution >= 0.6 is 0 Å². The lowest BCUT2D eigenvalue weighted by atomic mass is 10.3. The zero-order chi connectivity index (χ0) is 12.4. The summed E-state index contributed by atoms with van der Waals surface area (Å²) in [7, 11) is 0. The summed E-state index contributed by atoms with van der Waals surface area (Å²) in [6.07, 6.45) is -0.246. The highest BCUT2D eigenvalue weighted by Gasteiger charge is 2.03. The van der Waals surface area contributed by atoms with E-state index < -0.39 is 6.10 Å². The fourth-order valence-corrected chi connectivity index (χ4v) is 1.07. The zero-order valence-corrected chi connectivity index (χ0v) is 10.7. The van der Waals surface area contributed by atoms with Crippen molar-refractivity contribution in [2.45, 2.75) is 33.0 Å². The summed E-state index contributed by atoms with van der Waals surface area (Å²) in [6, 6.07) is 0. The van der Waals surface area contributed by atoms with Gasteiger partial charge in [-0.3, -0.25) is 0 Å². The van der Waals surface area contributed by atoms with E-state index in [4.69, 9.17) is 9.47 Å². The number of aliphatic hydroxyl groups is 1. The molecule has 1 unspecified atom stereocenters. The molecule has 0 aromatic carbocycles. The van der Waals surface area contributed by atoms with Crippen molar-refractivity contribution in [3.05, 3.63) is 12.2 Å². The molecule has 0 fully saturated rings. The highest BCUT2D eigenvalue weighted by atomic mass is 16.5. The largest absolute Gasteiger partial charge is 0.389 e. The second-order valence-electron chi connectivity index (χ2n) is 4.24. The van der Waals surface area contributed by atoms with Crippen LogP contribution in [0.5, 0.6) is 0 Å². The van der Waals surface area contributed by atoms with Crippen molar-refractivity contribution in [3.63, 3.8) is 0 Å². The van der Waals surface area contributed by atoms with Gasteiger partial charge in [0.25, 0.3) is 0 Å². The van der Waals surface area contributed by atoms with Gasteiger partial charge in [0.2, 0.25) is 0 Å². The van der Waals surface area contributed by atoms with Crippen LogP contribution in [0.15, 0.2) is 12.2 Å². The van der Waals surface area contributed by atoms with Gasteiger partial charge in [-0.1, -0.05) is 12.2 Å². The van der Waals surface area contributed by atoms with Gasteiger partial charge in [0, 0.05) is 13.1 Å². The summed E-state index contributed by atoms with van der Waals surface area (Å²) in [5, 5.41) is 12.6. The van der Waals surface area contributed by atoms with Crippen molar-refractivity contribution in [3.8, 4) is 0 Å². The zero-order valence-electron chi connectivity index (χ0n) is 10.7. The Hall–Kier alpha value is -0.420. The van der Waals surface area contributed by atoms with Crippen LogP contribution in [0.3, 0.4) is 0 Å². The Kier molecular flexibility index (Phi) is 9.52. The Morgan fingerprint density at radius 2 is 2.06 bits per heavy atom. The van der Waals surface area contributed by atoms with Gasteiger partial charge in [-0.2, -0.15) is 0 Å². The van der Waals surface area contributed by atoms with Crippen molar-refractivity contribution in [1.82, 2.24) is 5.32 Å². The maximum absolute atomic E-state index is 9.51. The predicted octanol–water partition coefficient (Wildman–Crippen LogP) is 0.955. The van der Waals surface area contributed by atoms with Crippen LogP contribution in [-0.4, -0.2) is 50.2 Å². The molecular formula is C12H25NO3. The van der Waals surface area contributed by atoms with E-state index in [1.807, 2.05) is 20.8 Å². The first-order valence-corrected chi connectivity index (χ1v) is 5.75. The quantitative estimate of drug-likeness (QED) is 0.434. The van der Waals surface area contributed by atoms with Crippen molar-refractivity contribution >= 4 is 0 Å². The van der Waals surface area contributed by atoms with E-state index in [2.05, 4.69) is 11.9 Å². The number of aliphatic hydroxyl groups excluding tert-OH is 1. The van der Waals surface area contributed by atoms with Crippen LogP contribution < -0.4 is 5.32 Å². The predicted molar refractivity (Wildman–Crippen MR) is 65.6 cm³/mol. The minimum Gasteiger partial charge on any atom is -0.389 e. The lowest BCUT2D eigenvalue weighted by Gasteiger charge is -2.13. The Bertz CT molecular complexity index is 183. The molecule has 4 heteroatoms. The number of nitrogens with one attached hydrogen (secondary N) is 1. The van der Waals surface area contributed by atoms with Crippen molar-refractivity contribution in [1.29, 1.82) is 0 Å². The molecule has 0 saturated carbocycles. The van der Waals surface area contributed by atoms with Crippen LogP contribution in [0.1, 0.15) is 20.8 Å². The topological polar surface area (TPSA) is 50.7 Å². The molecule has 0 radical (unpaired) electrons. The van der Waals surface area contributed by atoms with Crippen LogP contribution in [0.4, 0.5) is 0 Å². The summed E-state index contributed by atoms with van der Waals surface area (Å²) in [5.74, 6) is 0. The van der Waals surface area contributed by atoms with E-state index in [9.17, 15) is 5.11 Å². The molecule has 0 aliphatic rings. The summed E-state index contributed by atoms with van der Waals surface area (Å²) in [6.45, 7) is 12.4. The van der Waals surface area contributed by atoms with E-state index >= 15 is 0 Å². The number of hydrogen-bond acceptors (Lipinski definition) is 4. The fraction of sp³-hybridized carbons (Fsp3) is 0.833. The van der Waals surface area contributed by atoms with Crippen molar-refractivity contribution in [2.75, 3.05) is 32.9 Å². The molecule has 96 valence electrons. The van der Waals surface area contributed by atoms with Gasteiger partial charge in [0.05, 0.1) is 32.0 Å². The molecule has 0 bridgehead atoms. The Labute approximate surface area is 98.6 Å². The van der Waals surface area contributed by atoms with Gasteiger partial charge in [-0.15, -0.1) is 0 Å². The van der Waals surface area contributed by atoms with Crippen LogP contribution in [0.25, 0.3) is 0 Å². The van der Waals surface area contributed by atoms with Crippen molar-refractivity contribution < 1.29 is 14.6 Å². The van der Waals surface area contributed by atoms with E-state index in [0.717, 1.165) is 12.1 Å². The molecule has 0 aromatic rings. The van der Waals surface area contributed by atoms with Gasteiger partial charge in [-0.05, 0) is 20.8 Å². The molecule has 2 N–H and O–H groups in total. The third kappa shape index (κ3) is 11.7. The summed E-state index contributed by atoms with van der Waals surface area (Å²) in [4.78, 5) is 0. The first kappa shape index (κ1) is 15.6. The standard InChI is InChI=1S/C12H25NO3/c1-10(2)7-13-8-12(14)9-15-5-6-16-11(3)4/h11-14H,1,5-9H2,2-4H3. The molecule has 0 rings (SSSR count). The molecule has 0 amide bonds. The molecule has 0 spiro atoms. The number of hydrogen-bond donors (Lipinski definition) is 2. The highest BCUT2D eigenvalue weighted by molar-refractivity contribution is 4.90. The number of ether oxygens (including phenoxy) is 2. The molecule has 1 atom stereocenters. The second-order valence-corrected chi connectivity index (χ2v) is 4.24. The third-order valence-corrected chi connectivity index (χ3v) is 1.80. The lowest BCUT2D eigenvalue weighted by Crippen LogP contribution is -2.31. The summed E-state index contributed by atoms with van der Waals surface area (Å²) in [5.41, 5.74) is 1.05. The minimum atomic E-state index is -0.474. The van der Waals surface area contributed by atoms with Gasteiger partial charge >= 0.3 is 0 Å². The molecule has 0 heterocycles. The van der Waals surface area contributed by atoms with Crippen molar-refractivity contribution in [2.24, 2.45) is 0 Å². The van der Waals surface area contributed by atoms with E-state index in [1.54, 1.807) is 0 Å². The maximum atomic E-state index is 9.51. The normalized spacial score (nSPS) is 13.1. The first-order chi connectivity index (χ1) is 7.52. The minimum absolute atomic E-state index is 0.228. The average molecular weight is 231 g/mol. The Morgan fingerprint density at radius 1 is 1.38 bits per heavy atom. The molecule has 4 nitrogen and oxygen atoms in total. The molecule has 16 heavy (non-hydrogen) atoms. The first-order valence-electron chi connectivity index (χ1n) is 5.75. The van der Waals surface area contributed by atoms with E-state index in [-0.39, 0.29) is 6.10 Å². The van der Waals surface area contributed by atoms with Crippen LogP contribution in [0.2, 0.25) is 0 Å². The molecular weight excluding hydrogens is 206 g/mol. The van der Waals surface area contributed by atoms with Crippen LogP contribution in [-0.2, 0) is 9.47 Å². The molecule has 0 aromatic heterocycles. The van der Waals surface area contributed by atoms with E-state index in [1.165, 1.54) is 0 Å². The SMILES string of the molecule is C=C(C)CNCC(O)COCCOC(C)C. The number of rotatable bonds is 10. The molecule has 0 aliphatic carbocycles.